The number of halogens is 2. The highest BCUT2D eigenvalue weighted by molar-refractivity contribution is 6.30. The molecule has 0 heterocycles. The summed E-state index contributed by atoms with van der Waals surface area (Å²) in [5.41, 5.74) is 0.945. The summed E-state index contributed by atoms with van der Waals surface area (Å²) in [5.74, 6) is -0.309. The van der Waals surface area contributed by atoms with Gasteiger partial charge in [0.1, 0.15) is 11.4 Å². The first-order valence-corrected chi connectivity index (χ1v) is 6.59. The molecule has 19 heavy (non-hydrogen) atoms. The normalized spacial score (nSPS) is 18.1. The molecule has 1 atom stereocenters. The Morgan fingerprint density at radius 2 is 2.11 bits per heavy atom. The largest absolute Gasteiger partial charge is 0.444 e. The molecule has 0 aliphatic heterocycles. The minimum atomic E-state index is -0.538. The Balaban J connectivity index is 2.01. The average molecular weight is 286 g/mol. The van der Waals surface area contributed by atoms with Crippen LogP contribution in [0.2, 0.25) is 5.02 Å². The maximum absolute atomic E-state index is 13.7. The zero-order valence-electron chi connectivity index (χ0n) is 11.2. The van der Waals surface area contributed by atoms with Crippen LogP contribution in [-0.4, -0.2) is 17.7 Å². The summed E-state index contributed by atoms with van der Waals surface area (Å²) < 4.78 is 18.9. The zero-order chi connectivity index (χ0) is 14.2. The SMILES string of the molecule is CC(C)(C)OC(=O)NC1Cc2cc(Cl)cc(F)c2C1. The van der Waals surface area contributed by atoms with Crippen molar-refractivity contribution in [2.24, 2.45) is 0 Å². The molecule has 1 aromatic rings. The van der Waals surface area contributed by atoms with Gasteiger partial charge in [0.25, 0.3) is 0 Å². The molecule has 0 saturated carbocycles. The fraction of sp³-hybridized carbons (Fsp3) is 0.500. The molecule has 0 bridgehead atoms. The molecule has 1 N–H and O–H groups in total. The fourth-order valence-electron chi connectivity index (χ4n) is 2.23. The van der Waals surface area contributed by atoms with E-state index >= 15 is 0 Å². The quantitative estimate of drug-likeness (QED) is 0.858. The standard InChI is InChI=1S/C14H17ClFNO2/c1-14(2,3)19-13(18)17-10-5-8-4-9(15)6-12(16)11(8)7-10/h4,6,10H,5,7H2,1-3H3,(H,17,18). The first kappa shape index (κ1) is 14.1. The van der Waals surface area contributed by atoms with E-state index in [-0.39, 0.29) is 11.9 Å². The highest BCUT2D eigenvalue weighted by Crippen LogP contribution is 2.28. The van der Waals surface area contributed by atoms with Gasteiger partial charge < -0.3 is 10.1 Å². The maximum atomic E-state index is 13.7. The number of hydrogen-bond donors (Lipinski definition) is 1. The summed E-state index contributed by atoms with van der Waals surface area (Å²) in [6.07, 6.45) is 0.570. The summed E-state index contributed by atoms with van der Waals surface area (Å²) in [4.78, 5) is 11.7. The molecule has 0 fully saturated rings. The molecule has 1 unspecified atom stereocenters. The van der Waals surface area contributed by atoms with Gasteiger partial charge in [-0.3, -0.25) is 0 Å². The van der Waals surface area contributed by atoms with Crippen molar-refractivity contribution in [2.45, 2.75) is 45.3 Å². The molecule has 0 radical (unpaired) electrons. The van der Waals surface area contributed by atoms with E-state index in [1.807, 2.05) is 0 Å². The molecule has 0 saturated heterocycles. The van der Waals surface area contributed by atoms with E-state index in [9.17, 15) is 9.18 Å². The van der Waals surface area contributed by atoms with Crippen molar-refractivity contribution in [3.8, 4) is 0 Å². The monoisotopic (exact) mass is 285 g/mol. The number of amides is 1. The smallest absolute Gasteiger partial charge is 0.407 e. The van der Waals surface area contributed by atoms with E-state index in [4.69, 9.17) is 16.3 Å². The van der Waals surface area contributed by atoms with Crippen molar-refractivity contribution in [2.75, 3.05) is 0 Å². The summed E-state index contributed by atoms with van der Waals surface area (Å²) in [6, 6.07) is 2.91. The van der Waals surface area contributed by atoms with Gasteiger partial charge in [0.15, 0.2) is 0 Å². The first-order chi connectivity index (χ1) is 8.74. The number of benzene rings is 1. The Kier molecular flexibility index (Phi) is 3.72. The number of nitrogens with one attached hydrogen (secondary N) is 1. The Labute approximate surface area is 117 Å². The van der Waals surface area contributed by atoms with Crippen LogP contribution >= 0.6 is 11.6 Å². The molecule has 1 aromatic carbocycles. The van der Waals surface area contributed by atoms with E-state index in [1.54, 1.807) is 26.8 Å². The Bertz CT molecular complexity index is 511. The molecular weight excluding hydrogens is 269 g/mol. The minimum Gasteiger partial charge on any atom is -0.444 e. The molecule has 104 valence electrons. The van der Waals surface area contributed by atoms with Gasteiger partial charge in [-0.15, -0.1) is 0 Å². The van der Waals surface area contributed by atoms with Crippen LogP contribution in [0.25, 0.3) is 0 Å². The van der Waals surface area contributed by atoms with Gasteiger partial charge in [-0.1, -0.05) is 11.6 Å². The number of fused-ring (bicyclic) bond motifs is 1. The summed E-state index contributed by atoms with van der Waals surface area (Å²) in [7, 11) is 0. The first-order valence-electron chi connectivity index (χ1n) is 6.21. The Hall–Kier alpha value is -1.29. The molecule has 5 heteroatoms. The molecule has 1 aliphatic carbocycles. The van der Waals surface area contributed by atoms with Crippen molar-refractivity contribution in [1.29, 1.82) is 0 Å². The zero-order valence-corrected chi connectivity index (χ0v) is 12.0. The third-order valence-corrected chi connectivity index (χ3v) is 3.11. The lowest BCUT2D eigenvalue weighted by Crippen LogP contribution is -2.39. The third kappa shape index (κ3) is 3.60. The van der Waals surface area contributed by atoms with Crippen LogP contribution in [0.3, 0.4) is 0 Å². The van der Waals surface area contributed by atoms with E-state index < -0.39 is 11.7 Å². The van der Waals surface area contributed by atoms with Crippen LogP contribution in [0.5, 0.6) is 0 Å². The minimum absolute atomic E-state index is 0.141. The van der Waals surface area contributed by atoms with Gasteiger partial charge >= 0.3 is 6.09 Å². The van der Waals surface area contributed by atoms with Gasteiger partial charge in [-0.25, -0.2) is 9.18 Å². The second-order valence-electron chi connectivity index (χ2n) is 5.78. The maximum Gasteiger partial charge on any atom is 0.407 e. The molecule has 3 nitrogen and oxygen atoms in total. The predicted octanol–water partition coefficient (Wildman–Crippen LogP) is 3.47. The second-order valence-corrected chi connectivity index (χ2v) is 6.21. The molecule has 0 spiro atoms. The van der Waals surface area contributed by atoms with Gasteiger partial charge in [0.2, 0.25) is 0 Å². The van der Waals surface area contributed by atoms with Crippen LogP contribution < -0.4 is 5.32 Å². The van der Waals surface area contributed by atoms with Gasteiger partial charge in [0.05, 0.1) is 0 Å². The van der Waals surface area contributed by atoms with Crippen LogP contribution in [0.1, 0.15) is 31.9 Å². The molecule has 1 aliphatic rings. The van der Waals surface area contributed by atoms with E-state index in [2.05, 4.69) is 5.32 Å². The number of carbonyl (C=O) groups is 1. The van der Waals surface area contributed by atoms with Crippen LogP contribution in [0.4, 0.5) is 9.18 Å². The average Bonchev–Trinajstić information content (AvgIpc) is 2.56. The topological polar surface area (TPSA) is 38.3 Å². The summed E-state index contributed by atoms with van der Waals surface area (Å²) >= 11 is 5.82. The van der Waals surface area contributed by atoms with Crippen LogP contribution in [-0.2, 0) is 17.6 Å². The summed E-state index contributed by atoms with van der Waals surface area (Å²) in [5, 5.41) is 3.14. The highest BCUT2D eigenvalue weighted by atomic mass is 35.5. The molecule has 0 aromatic heterocycles. The lowest BCUT2D eigenvalue weighted by Gasteiger charge is -2.21. The van der Waals surface area contributed by atoms with Crippen LogP contribution in [0.15, 0.2) is 12.1 Å². The number of ether oxygens (including phenoxy) is 1. The lowest BCUT2D eigenvalue weighted by atomic mass is 10.1. The second kappa shape index (κ2) is 5.00. The van der Waals surface area contributed by atoms with Gasteiger partial charge in [-0.2, -0.15) is 0 Å². The molecule has 2 rings (SSSR count). The van der Waals surface area contributed by atoms with Crippen molar-refractivity contribution < 1.29 is 13.9 Å². The van der Waals surface area contributed by atoms with Crippen LogP contribution in [0, 0.1) is 5.82 Å². The third-order valence-electron chi connectivity index (χ3n) is 2.89. The Morgan fingerprint density at radius 1 is 1.42 bits per heavy atom. The van der Waals surface area contributed by atoms with Crippen molar-refractivity contribution in [1.82, 2.24) is 5.32 Å². The Morgan fingerprint density at radius 3 is 2.74 bits per heavy atom. The fourth-order valence-corrected chi connectivity index (χ4v) is 2.46. The molecule has 1 amide bonds. The van der Waals surface area contributed by atoms with Crippen molar-refractivity contribution in [3.05, 3.63) is 34.1 Å². The lowest BCUT2D eigenvalue weighted by molar-refractivity contribution is 0.0506. The predicted molar refractivity (Wildman–Crippen MR) is 72.0 cm³/mol. The highest BCUT2D eigenvalue weighted by Gasteiger charge is 2.27. The number of alkyl carbamates (subject to hydrolysis) is 1. The molecular formula is C14H17ClFNO2. The van der Waals surface area contributed by atoms with Crippen molar-refractivity contribution >= 4 is 17.7 Å². The van der Waals surface area contributed by atoms with E-state index in [1.165, 1.54) is 6.07 Å². The van der Waals surface area contributed by atoms with E-state index in [0.29, 0.717) is 23.4 Å². The van der Waals surface area contributed by atoms with Crippen molar-refractivity contribution in [3.63, 3.8) is 0 Å². The van der Waals surface area contributed by atoms with E-state index in [0.717, 1.165) is 5.56 Å². The number of rotatable bonds is 1. The van der Waals surface area contributed by atoms with Gasteiger partial charge in [0, 0.05) is 11.1 Å². The number of carbonyl (C=O) groups excluding carboxylic acids is 1. The number of hydrogen-bond acceptors (Lipinski definition) is 2. The summed E-state index contributed by atoms with van der Waals surface area (Å²) in [6.45, 7) is 5.40. The van der Waals surface area contributed by atoms with Gasteiger partial charge in [-0.05, 0) is 56.9 Å².